The van der Waals surface area contributed by atoms with E-state index in [-0.39, 0.29) is 11.6 Å². The average Bonchev–Trinajstić information content (AvgIpc) is 1.94. The molecule has 0 radical (unpaired) electrons. The monoisotopic (exact) mass is 138 g/mol. The Morgan fingerprint density at radius 3 is 3.10 bits per heavy atom. The molecule has 1 aromatic rings. The zero-order valence-corrected chi connectivity index (χ0v) is 5.11. The van der Waals surface area contributed by atoms with E-state index < -0.39 is 0 Å². The first-order valence-electron chi connectivity index (χ1n) is 2.69. The fraction of sp³-hybridized carbons (Fsp3) is 0. The van der Waals surface area contributed by atoms with Gasteiger partial charge in [-0.25, -0.2) is 4.98 Å². The summed E-state index contributed by atoms with van der Waals surface area (Å²) < 4.78 is 0. The van der Waals surface area contributed by atoms with E-state index in [0.717, 1.165) is 0 Å². The molecule has 0 aliphatic rings. The highest BCUT2D eigenvalue weighted by atomic mass is 16.3. The minimum absolute atomic E-state index is 0.0328. The van der Waals surface area contributed by atoms with Crippen LogP contribution in [0, 0.1) is 0 Å². The molecule has 0 aromatic carbocycles. The number of hydrogen-bond acceptors (Lipinski definition) is 3. The summed E-state index contributed by atoms with van der Waals surface area (Å²) in [6, 6.07) is 3.02. The number of amides is 1. The Bertz CT molecular complexity index is 237. The number of anilines is 1. The molecule has 0 saturated carbocycles. The number of aromatic nitrogens is 1. The van der Waals surface area contributed by atoms with Gasteiger partial charge >= 0.3 is 0 Å². The van der Waals surface area contributed by atoms with Gasteiger partial charge in [-0.15, -0.1) is 0 Å². The molecular formula is C6H6N2O2. The van der Waals surface area contributed by atoms with Gasteiger partial charge in [-0.3, -0.25) is 4.79 Å². The van der Waals surface area contributed by atoms with Gasteiger partial charge in [0.05, 0.1) is 0 Å². The van der Waals surface area contributed by atoms with Crippen LogP contribution in [-0.2, 0) is 4.79 Å². The molecule has 4 nitrogen and oxygen atoms in total. The predicted octanol–water partition coefficient (Wildman–Crippen LogP) is 0.355. The van der Waals surface area contributed by atoms with E-state index in [1.54, 1.807) is 6.07 Å². The zero-order valence-electron chi connectivity index (χ0n) is 5.11. The molecule has 0 bridgehead atoms. The van der Waals surface area contributed by atoms with E-state index >= 15 is 0 Å². The molecule has 1 amide bonds. The second-order valence-electron chi connectivity index (χ2n) is 1.63. The van der Waals surface area contributed by atoms with Crippen LogP contribution in [0.25, 0.3) is 0 Å². The van der Waals surface area contributed by atoms with E-state index in [0.29, 0.717) is 6.41 Å². The number of nitrogens with zero attached hydrogens (tertiary/aromatic N) is 1. The quantitative estimate of drug-likeness (QED) is 0.580. The van der Waals surface area contributed by atoms with Crippen molar-refractivity contribution in [2.75, 3.05) is 5.32 Å². The Balaban J connectivity index is 2.91. The smallest absolute Gasteiger partial charge is 0.212 e. The third-order valence-electron chi connectivity index (χ3n) is 0.982. The lowest BCUT2D eigenvalue weighted by atomic mass is 10.4. The van der Waals surface area contributed by atoms with E-state index in [2.05, 4.69) is 10.3 Å². The first-order chi connectivity index (χ1) is 4.84. The lowest BCUT2D eigenvalue weighted by molar-refractivity contribution is -0.105. The molecule has 10 heavy (non-hydrogen) atoms. The van der Waals surface area contributed by atoms with E-state index in [9.17, 15) is 4.79 Å². The molecule has 1 aromatic heterocycles. The van der Waals surface area contributed by atoms with Crippen LogP contribution in [0.1, 0.15) is 0 Å². The molecule has 0 saturated heterocycles. The van der Waals surface area contributed by atoms with Gasteiger partial charge in [-0.2, -0.15) is 0 Å². The minimum atomic E-state index is -0.0328. The summed E-state index contributed by atoms with van der Waals surface area (Å²) in [5, 5.41) is 11.2. The van der Waals surface area contributed by atoms with E-state index in [1.807, 2.05) is 0 Å². The van der Waals surface area contributed by atoms with Gasteiger partial charge in [-0.05, 0) is 12.1 Å². The molecule has 1 rings (SSSR count). The Hall–Kier alpha value is -1.58. The fourth-order valence-corrected chi connectivity index (χ4v) is 0.564. The minimum Gasteiger partial charge on any atom is -0.504 e. The van der Waals surface area contributed by atoms with Crippen LogP contribution in [0.4, 0.5) is 5.82 Å². The van der Waals surface area contributed by atoms with Crippen LogP contribution in [0.3, 0.4) is 0 Å². The summed E-state index contributed by atoms with van der Waals surface area (Å²) in [7, 11) is 0. The number of pyridine rings is 1. The first-order valence-corrected chi connectivity index (χ1v) is 2.69. The highest BCUT2D eigenvalue weighted by Crippen LogP contribution is 2.16. The molecule has 0 aliphatic heterocycles. The van der Waals surface area contributed by atoms with Gasteiger partial charge in [0.2, 0.25) is 6.41 Å². The Morgan fingerprint density at radius 2 is 2.50 bits per heavy atom. The highest BCUT2D eigenvalue weighted by molar-refractivity contribution is 5.71. The van der Waals surface area contributed by atoms with Crippen LogP contribution in [0.15, 0.2) is 18.3 Å². The molecule has 1 heterocycles. The molecule has 2 N–H and O–H groups in total. The largest absolute Gasteiger partial charge is 0.504 e. The summed E-state index contributed by atoms with van der Waals surface area (Å²) in [4.78, 5) is 13.5. The van der Waals surface area contributed by atoms with Crippen LogP contribution < -0.4 is 5.32 Å². The van der Waals surface area contributed by atoms with Gasteiger partial charge in [0.25, 0.3) is 0 Å². The lowest BCUT2D eigenvalue weighted by Crippen LogP contribution is -1.95. The molecule has 0 unspecified atom stereocenters. The maximum Gasteiger partial charge on any atom is 0.212 e. The predicted molar refractivity (Wildman–Crippen MR) is 35.6 cm³/mol. The number of hydrogen-bond donors (Lipinski definition) is 2. The molecule has 4 heteroatoms. The summed E-state index contributed by atoms with van der Waals surface area (Å²) in [5.74, 6) is 0.145. The van der Waals surface area contributed by atoms with E-state index in [1.165, 1.54) is 12.3 Å². The lowest BCUT2D eigenvalue weighted by Gasteiger charge is -1.97. The fourth-order valence-electron chi connectivity index (χ4n) is 0.564. The second-order valence-corrected chi connectivity index (χ2v) is 1.63. The van der Waals surface area contributed by atoms with Crippen molar-refractivity contribution in [3.05, 3.63) is 18.3 Å². The summed E-state index contributed by atoms with van der Waals surface area (Å²) in [6.07, 6.45) is 1.94. The van der Waals surface area contributed by atoms with Gasteiger partial charge in [0, 0.05) is 6.20 Å². The topological polar surface area (TPSA) is 62.2 Å². The number of rotatable bonds is 2. The third-order valence-corrected chi connectivity index (χ3v) is 0.982. The van der Waals surface area contributed by atoms with Gasteiger partial charge < -0.3 is 10.4 Å². The summed E-state index contributed by atoms with van der Waals surface area (Å²) in [6.45, 7) is 0. The Kier molecular flexibility index (Phi) is 1.84. The molecule has 0 aliphatic carbocycles. The molecular weight excluding hydrogens is 132 g/mol. The molecule has 0 spiro atoms. The Morgan fingerprint density at radius 1 is 1.70 bits per heavy atom. The van der Waals surface area contributed by atoms with Crippen LogP contribution >= 0.6 is 0 Å². The van der Waals surface area contributed by atoms with Crippen LogP contribution in [0.2, 0.25) is 0 Å². The number of carbonyl (C=O) groups excluding carboxylic acids is 1. The molecule has 0 fully saturated rings. The zero-order chi connectivity index (χ0) is 7.40. The first kappa shape index (κ1) is 6.54. The van der Waals surface area contributed by atoms with Crippen LogP contribution in [-0.4, -0.2) is 16.5 Å². The highest BCUT2D eigenvalue weighted by Gasteiger charge is 1.96. The van der Waals surface area contributed by atoms with Crippen LogP contribution in [0.5, 0.6) is 5.75 Å². The molecule has 52 valence electrons. The van der Waals surface area contributed by atoms with Gasteiger partial charge in [0.1, 0.15) is 0 Å². The average molecular weight is 138 g/mol. The second kappa shape index (κ2) is 2.82. The van der Waals surface area contributed by atoms with Crippen molar-refractivity contribution >= 4 is 12.2 Å². The van der Waals surface area contributed by atoms with Crippen molar-refractivity contribution in [3.8, 4) is 5.75 Å². The van der Waals surface area contributed by atoms with Gasteiger partial charge in [-0.1, -0.05) is 0 Å². The van der Waals surface area contributed by atoms with Crippen molar-refractivity contribution < 1.29 is 9.90 Å². The number of nitrogens with one attached hydrogen (secondary N) is 1. The van der Waals surface area contributed by atoms with Crippen molar-refractivity contribution in [2.45, 2.75) is 0 Å². The Labute approximate surface area is 57.5 Å². The standard InChI is InChI=1S/C6H6N2O2/c9-4-8-6-5(10)2-1-3-7-6/h1-4,10H,(H,7,8,9). The SMILES string of the molecule is O=CNc1ncccc1O. The maximum atomic E-state index is 9.86. The summed E-state index contributed by atoms with van der Waals surface area (Å²) in [5.41, 5.74) is 0. The maximum absolute atomic E-state index is 9.86. The van der Waals surface area contributed by atoms with Crippen molar-refractivity contribution in [3.63, 3.8) is 0 Å². The summed E-state index contributed by atoms with van der Waals surface area (Å²) >= 11 is 0. The van der Waals surface area contributed by atoms with Gasteiger partial charge in [0.15, 0.2) is 11.6 Å². The number of carbonyl (C=O) groups is 1. The van der Waals surface area contributed by atoms with Crippen molar-refractivity contribution in [1.29, 1.82) is 0 Å². The van der Waals surface area contributed by atoms with Crippen molar-refractivity contribution in [1.82, 2.24) is 4.98 Å². The number of aromatic hydroxyl groups is 1. The van der Waals surface area contributed by atoms with E-state index in [4.69, 9.17) is 5.11 Å². The molecule has 0 atom stereocenters. The normalized spacial score (nSPS) is 8.80. The van der Waals surface area contributed by atoms with Crippen molar-refractivity contribution in [2.24, 2.45) is 0 Å². The third kappa shape index (κ3) is 1.22.